The molecule has 3 rings (SSSR count). The van der Waals surface area contributed by atoms with E-state index in [0.717, 1.165) is 25.4 Å². The lowest BCUT2D eigenvalue weighted by atomic mass is 9.91. The van der Waals surface area contributed by atoms with E-state index in [2.05, 4.69) is 46.9 Å². The third-order valence-corrected chi connectivity index (χ3v) is 4.18. The van der Waals surface area contributed by atoms with E-state index >= 15 is 0 Å². The van der Waals surface area contributed by atoms with Gasteiger partial charge in [-0.2, -0.15) is 0 Å². The standard InChI is InChI=1S/C18H23N3O/c1-13(2)8-9-21-10-16(18-17(11-21)19-12-20-18)14-4-6-15(22-3)7-5-14/h4-8,12,16H,9-11H2,1-3H3,(H,19,20). The lowest BCUT2D eigenvalue weighted by Gasteiger charge is -2.31. The normalized spacial score (nSPS) is 17.9. The van der Waals surface area contributed by atoms with Crippen molar-refractivity contribution in [1.29, 1.82) is 0 Å². The van der Waals surface area contributed by atoms with Crippen molar-refractivity contribution in [2.75, 3.05) is 20.2 Å². The second-order valence-corrected chi connectivity index (χ2v) is 6.07. The molecular weight excluding hydrogens is 274 g/mol. The maximum absolute atomic E-state index is 5.26. The van der Waals surface area contributed by atoms with E-state index in [-0.39, 0.29) is 0 Å². The highest BCUT2D eigenvalue weighted by atomic mass is 16.5. The molecule has 4 heteroatoms. The Kier molecular flexibility index (Phi) is 4.29. The van der Waals surface area contributed by atoms with Gasteiger partial charge in [-0.15, -0.1) is 0 Å². The van der Waals surface area contributed by atoms with Gasteiger partial charge >= 0.3 is 0 Å². The molecule has 1 aliphatic rings. The van der Waals surface area contributed by atoms with Gasteiger partial charge in [0.2, 0.25) is 0 Å². The van der Waals surface area contributed by atoms with Gasteiger partial charge in [-0.05, 0) is 31.5 Å². The Morgan fingerprint density at radius 3 is 2.82 bits per heavy atom. The van der Waals surface area contributed by atoms with Gasteiger partial charge in [0.05, 0.1) is 24.8 Å². The maximum atomic E-state index is 5.26. The molecule has 1 atom stereocenters. The van der Waals surface area contributed by atoms with E-state index < -0.39 is 0 Å². The van der Waals surface area contributed by atoms with Crippen LogP contribution in [0.25, 0.3) is 0 Å². The summed E-state index contributed by atoms with van der Waals surface area (Å²) in [5, 5.41) is 0. The van der Waals surface area contributed by atoms with Crippen LogP contribution in [-0.2, 0) is 6.54 Å². The number of allylic oxidation sites excluding steroid dienone is 1. The van der Waals surface area contributed by atoms with Gasteiger partial charge in [0, 0.05) is 25.6 Å². The summed E-state index contributed by atoms with van der Waals surface area (Å²) in [6.45, 7) is 7.20. The van der Waals surface area contributed by atoms with Gasteiger partial charge in [0.1, 0.15) is 5.75 Å². The minimum atomic E-state index is 0.312. The lowest BCUT2D eigenvalue weighted by molar-refractivity contribution is 0.261. The van der Waals surface area contributed by atoms with Crippen molar-refractivity contribution < 1.29 is 4.74 Å². The van der Waals surface area contributed by atoms with E-state index in [9.17, 15) is 0 Å². The maximum Gasteiger partial charge on any atom is 0.118 e. The fourth-order valence-corrected chi connectivity index (χ4v) is 2.94. The first-order valence-electron chi connectivity index (χ1n) is 7.69. The molecule has 2 heterocycles. The largest absolute Gasteiger partial charge is 0.497 e. The Hall–Kier alpha value is -2.07. The van der Waals surface area contributed by atoms with Crippen LogP contribution in [0.2, 0.25) is 0 Å². The summed E-state index contributed by atoms with van der Waals surface area (Å²) in [7, 11) is 1.70. The molecule has 1 unspecified atom stereocenters. The summed E-state index contributed by atoms with van der Waals surface area (Å²) in [5.41, 5.74) is 5.06. The summed E-state index contributed by atoms with van der Waals surface area (Å²) in [6.07, 6.45) is 4.10. The van der Waals surface area contributed by atoms with E-state index in [1.165, 1.54) is 22.5 Å². The number of H-pyrrole nitrogens is 1. The van der Waals surface area contributed by atoms with Gasteiger partial charge < -0.3 is 9.72 Å². The summed E-state index contributed by atoms with van der Waals surface area (Å²) in [4.78, 5) is 10.3. The molecule has 4 nitrogen and oxygen atoms in total. The molecule has 0 bridgehead atoms. The number of hydrogen-bond donors (Lipinski definition) is 1. The Bertz CT molecular complexity index is 653. The number of methoxy groups -OCH3 is 1. The zero-order chi connectivity index (χ0) is 15.5. The molecule has 1 aromatic carbocycles. The molecule has 0 spiro atoms. The third-order valence-electron chi connectivity index (χ3n) is 4.18. The highest BCUT2D eigenvalue weighted by Crippen LogP contribution is 2.32. The number of fused-ring (bicyclic) bond motifs is 1. The molecule has 1 N–H and O–H groups in total. The quantitative estimate of drug-likeness (QED) is 0.880. The molecule has 2 aromatic rings. The number of rotatable bonds is 4. The summed E-state index contributed by atoms with van der Waals surface area (Å²) in [5.74, 6) is 1.20. The van der Waals surface area contributed by atoms with Crippen molar-refractivity contribution >= 4 is 0 Å². The lowest BCUT2D eigenvalue weighted by Crippen LogP contribution is -2.34. The number of imidazole rings is 1. The molecule has 0 amide bonds. The Morgan fingerprint density at radius 1 is 1.36 bits per heavy atom. The number of hydrogen-bond acceptors (Lipinski definition) is 3. The van der Waals surface area contributed by atoms with Gasteiger partial charge in [-0.3, -0.25) is 4.90 Å². The van der Waals surface area contributed by atoms with Crippen molar-refractivity contribution in [2.24, 2.45) is 0 Å². The number of ether oxygens (including phenoxy) is 1. The smallest absolute Gasteiger partial charge is 0.118 e. The van der Waals surface area contributed by atoms with Crippen molar-refractivity contribution in [1.82, 2.24) is 14.9 Å². The predicted octanol–water partition coefficient (Wildman–Crippen LogP) is 3.33. The Labute approximate surface area is 131 Å². The number of aromatic amines is 1. The molecule has 0 saturated heterocycles. The van der Waals surface area contributed by atoms with E-state index in [1.54, 1.807) is 7.11 Å². The van der Waals surface area contributed by atoms with Crippen LogP contribution in [0.15, 0.2) is 42.2 Å². The zero-order valence-corrected chi connectivity index (χ0v) is 13.5. The second-order valence-electron chi connectivity index (χ2n) is 6.07. The number of aromatic nitrogens is 2. The molecule has 116 valence electrons. The van der Waals surface area contributed by atoms with Crippen LogP contribution in [0.5, 0.6) is 5.75 Å². The van der Waals surface area contributed by atoms with Crippen LogP contribution in [0.3, 0.4) is 0 Å². The van der Waals surface area contributed by atoms with Crippen LogP contribution in [0, 0.1) is 0 Å². The van der Waals surface area contributed by atoms with Crippen LogP contribution in [0.1, 0.15) is 36.7 Å². The van der Waals surface area contributed by atoms with Gasteiger partial charge in [0.15, 0.2) is 0 Å². The molecule has 1 aliphatic heterocycles. The number of nitrogens with zero attached hydrogens (tertiary/aromatic N) is 2. The minimum Gasteiger partial charge on any atom is -0.497 e. The van der Waals surface area contributed by atoms with Crippen LogP contribution in [-0.4, -0.2) is 35.1 Å². The molecular formula is C18H23N3O. The van der Waals surface area contributed by atoms with E-state index in [0.29, 0.717) is 5.92 Å². The SMILES string of the molecule is COc1ccc(C2CN(CC=C(C)C)Cc3[nH]cnc32)cc1. The van der Waals surface area contributed by atoms with Crippen molar-refractivity contribution in [3.8, 4) is 5.75 Å². The highest BCUT2D eigenvalue weighted by Gasteiger charge is 2.28. The minimum absolute atomic E-state index is 0.312. The molecule has 0 saturated carbocycles. The Morgan fingerprint density at radius 2 is 2.14 bits per heavy atom. The van der Waals surface area contributed by atoms with Crippen LogP contribution in [0.4, 0.5) is 0 Å². The fourth-order valence-electron chi connectivity index (χ4n) is 2.94. The molecule has 0 fully saturated rings. The average Bonchev–Trinajstić information content (AvgIpc) is 3.00. The number of nitrogens with one attached hydrogen (secondary N) is 1. The van der Waals surface area contributed by atoms with Gasteiger partial charge in [0.25, 0.3) is 0 Å². The Balaban J connectivity index is 1.87. The molecule has 1 aromatic heterocycles. The van der Waals surface area contributed by atoms with Crippen LogP contribution < -0.4 is 4.74 Å². The molecule has 0 aliphatic carbocycles. The van der Waals surface area contributed by atoms with Crippen molar-refractivity contribution in [2.45, 2.75) is 26.3 Å². The van der Waals surface area contributed by atoms with Gasteiger partial charge in [-0.25, -0.2) is 4.98 Å². The second kappa shape index (κ2) is 6.36. The van der Waals surface area contributed by atoms with E-state index in [1.807, 2.05) is 18.5 Å². The van der Waals surface area contributed by atoms with Crippen LogP contribution >= 0.6 is 0 Å². The first-order chi connectivity index (χ1) is 10.7. The molecule has 22 heavy (non-hydrogen) atoms. The first-order valence-corrected chi connectivity index (χ1v) is 7.69. The average molecular weight is 297 g/mol. The highest BCUT2D eigenvalue weighted by molar-refractivity contribution is 5.36. The monoisotopic (exact) mass is 297 g/mol. The zero-order valence-electron chi connectivity index (χ0n) is 13.5. The summed E-state index contributed by atoms with van der Waals surface area (Å²) < 4.78 is 5.26. The topological polar surface area (TPSA) is 41.1 Å². The number of benzene rings is 1. The predicted molar refractivity (Wildman–Crippen MR) is 88.1 cm³/mol. The summed E-state index contributed by atoms with van der Waals surface area (Å²) >= 11 is 0. The fraction of sp³-hybridized carbons (Fsp3) is 0.389. The van der Waals surface area contributed by atoms with Gasteiger partial charge in [-0.1, -0.05) is 23.8 Å². The summed E-state index contributed by atoms with van der Waals surface area (Å²) in [6, 6.07) is 8.34. The van der Waals surface area contributed by atoms with E-state index in [4.69, 9.17) is 4.74 Å². The van der Waals surface area contributed by atoms with Crippen molar-refractivity contribution in [3.63, 3.8) is 0 Å². The third kappa shape index (κ3) is 3.07. The first kappa shape index (κ1) is 14.9. The molecule has 0 radical (unpaired) electrons. The van der Waals surface area contributed by atoms with Crippen molar-refractivity contribution in [3.05, 3.63) is 59.2 Å².